The SMILES string of the molecule is CCOc1ccc(C(=O)NCCNC(=O)c2ccccc2)cc1[N+](=O)[O-]. The Morgan fingerprint density at radius 1 is 1.00 bits per heavy atom. The van der Waals surface area contributed by atoms with E-state index < -0.39 is 10.8 Å². The van der Waals surface area contributed by atoms with Crippen LogP contribution in [0.4, 0.5) is 5.69 Å². The number of nitrogens with zero attached hydrogens (tertiary/aromatic N) is 1. The highest BCUT2D eigenvalue weighted by atomic mass is 16.6. The minimum atomic E-state index is -0.595. The summed E-state index contributed by atoms with van der Waals surface area (Å²) in [7, 11) is 0. The Hall–Kier alpha value is -3.42. The van der Waals surface area contributed by atoms with Crippen molar-refractivity contribution in [3.63, 3.8) is 0 Å². The highest BCUT2D eigenvalue weighted by Gasteiger charge is 2.18. The van der Waals surface area contributed by atoms with Crippen molar-refractivity contribution in [3.05, 3.63) is 69.8 Å². The van der Waals surface area contributed by atoms with Crippen molar-refractivity contribution in [1.82, 2.24) is 10.6 Å². The monoisotopic (exact) mass is 357 g/mol. The molecule has 0 atom stereocenters. The molecule has 2 aromatic carbocycles. The Balaban J connectivity index is 1.89. The molecule has 2 N–H and O–H groups in total. The maximum atomic E-state index is 12.1. The molecule has 2 amide bonds. The van der Waals surface area contributed by atoms with Crippen LogP contribution >= 0.6 is 0 Å². The van der Waals surface area contributed by atoms with Gasteiger partial charge >= 0.3 is 5.69 Å². The first kappa shape index (κ1) is 18.9. The second-order valence-electron chi connectivity index (χ2n) is 5.25. The zero-order valence-corrected chi connectivity index (χ0v) is 14.2. The average Bonchev–Trinajstić information content (AvgIpc) is 2.66. The quantitative estimate of drug-likeness (QED) is 0.427. The van der Waals surface area contributed by atoms with E-state index in [1.807, 2.05) is 6.07 Å². The van der Waals surface area contributed by atoms with Crippen molar-refractivity contribution in [2.45, 2.75) is 6.92 Å². The van der Waals surface area contributed by atoms with Crippen LogP contribution < -0.4 is 15.4 Å². The van der Waals surface area contributed by atoms with Gasteiger partial charge in [-0.1, -0.05) is 18.2 Å². The van der Waals surface area contributed by atoms with Gasteiger partial charge in [0, 0.05) is 30.3 Å². The van der Waals surface area contributed by atoms with E-state index in [1.165, 1.54) is 18.2 Å². The van der Waals surface area contributed by atoms with Gasteiger partial charge in [-0.15, -0.1) is 0 Å². The fraction of sp³-hybridized carbons (Fsp3) is 0.222. The molecule has 0 aliphatic heterocycles. The third-order valence-electron chi connectivity index (χ3n) is 3.45. The molecule has 0 radical (unpaired) electrons. The number of amides is 2. The Morgan fingerprint density at radius 2 is 1.62 bits per heavy atom. The Morgan fingerprint density at radius 3 is 2.19 bits per heavy atom. The van der Waals surface area contributed by atoms with Crippen molar-refractivity contribution in [1.29, 1.82) is 0 Å². The third-order valence-corrected chi connectivity index (χ3v) is 3.45. The first-order valence-corrected chi connectivity index (χ1v) is 8.05. The third kappa shape index (κ3) is 5.04. The lowest BCUT2D eigenvalue weighted by Gasteiger charge is -2.08. The molecular weight excluding hydrogens is 338 g/mol. The summed E-state index contributed by atoms with van der Waals surface area (Å²) in [6.45, 7) is 2.43. The zero-order valence-electron chi connectivity index (χ0n) is 14.2. The van der Waals surface area contributed by atoms with Gasteiger partial charge in [0.25, 0.3) is 11.8 Å². The maximum absolute atomic E-state index is 12.1. The highest BCUT2D eigenvalue weighted by Crippen LogP contribution is 2.27. The summed E-state index contributed by atoms with van der Waals surface area (Å²) in [4.78, 5) is 34.5. The zero-order chi connectivity index (χ0) is 18.9. The molecule has 26 heavy (non-hydrogen) atoms. The maximum Gasteiger partial charge on any atom is 0.311 e. The molecule has 0 aliphatic rings. The second-order valence-corrected chi connectivity index (χ2v) is 5.25. The minimum absolute atomic E-state index is 0.115. The molecule has 0 saturated heterocycles. The molecule has 8 heteroatoms. The summed E-state index contributed by atoms with van der Waals surface area (Å²) in [5.74, 6) is -0.592. The lowest BCUT2D eigenvalue weighted by Crippen LogP contribution is -2.34. The van der Waals surface area contributed by atoms with Gasteiger partial charge in [-0.2, -0.15) is 0 Å². The Labute approximate surface area is 150 Å². The molecule has 0 aromatic heterocycles. The summed E-state index contributed by atoms with van der Waals surface area (Å²) in [6.07, 6.45) is 0. The Bertz CT molecular complexity index is 793. The van der Waals surface area contributed by atoms with Crippen molar-refractivity contribution in [3.8, 4) is 5.75 Å². The van der Waals surface area contributed by atoms with Crippen molar-refractivity contribution < 1.29 is 19.2 Å². The van der Waals surface area contributed by atoms with Crippen LogP contribution in [0.5, 0.6) is 5.75 Å². The van der Waals surface area contributed by atoms with Crippen LogP contribution in [0.25, 0.3) is 0 Å². The van der Waals surface area contributed by atoms with Gasteiger partial charge < -0.3 is 15.4 Å². The number of ether oxygens (including phenoxy) is 1. The smallest absolute Gasteiger partial charge is 0.311 e. The number of rotatable bonds is 8. The fourth-order valence-electron chi connectivity index (χ4n) is 2.22. The van der Waals surface area contributed by atoms with E-state index in [-0.39, 0.29) is 42.6 Å². The molecule has 0 bridgehead atoms. The van der Waals surface area contributed by atoms with Crippen LogP contribution in [0.1, 0.15) is 27.6 Å². The highest BCUT2D eigenvalue weighted by molar-refractivity contribution is 5.95. The van der Waals surface area contributed by atoms with Gasteiger partial charge in [-0.3, -0.25) is 19.7 Å². The Kier molecular flexibility index (Phi) is 6.67. The molecule has 2 rings (SSSR count). The van der Waals surface area contributed by atoms with Crippen LogP contribution in [0.3, 0.4) is 0 Å². The van der Waals surface area contributed by atoms with Gasteiger partial charge in [0.05, 0.1) is 11.5 Å². The largest absolute Gasteiger partial charge is 0.487 e. The standard InChI is InChI=1S/C18H19N3O5/c1-2-26-16-9-8-14(12-15(16)21(24)25)18(23)20-11-10-19-17(22)13-6-4-3-5-7-13/h3-9,12H,2,10-11H2,1H3,(H,19,22)(H,20,23). The summed E-state index contributed by atoms with van der Waals surface area (Å²) in [5.41, 5.74) is 0.410. The second kappa shape index (κ2) is 9.16. The lowest BCUT2D eigenvalue weighted by molar-refractivity contribution is -0.385. The summed E-state index contributed by atoms with van der Waals surface area (Å²) in [6, 6.07) is 12.7. The fourth-order valence-corrected chi connectivity index (χ4v) is 2.22. The van der Waals surface area contributed by atoms with E-state index in [4.69, 9.17) is 4.74 Å². The van der Waals surface area contributed by atoms with E-state index >= 15 is 0 Å². The predicted octanol–water partition coefficient (Wildman–Crippen LogP) is 2.15. The van der Waals surface area contributed by atoms with Crippen LogP contribution in [-0.4, -0.2) is 36.4 Å². The molecule has 2 aromatic rings. The molecule has 0 spiro atoms. The number of nitro groups is 1. The molecule has 0 unspecified atom stereocenters. The molecule has 136 valence electrons. The normalized spacial score (nSPS) is 10.0. The van der Waals surface area contributed by atoms with E-state index in [1.54, 1.807) is 31.2 Å². The minimum Gasteiger partial charge on any atom is -0.487 e. The van der Waals surface area contributed by atoms with Crippen LogP contribution in [0.15, 0.2) is 48.5 Å². The van der Waals surface area contributed by atoms with Gasteiger partial charge in [0.1, 0.15) is 0 Å². The van der Waals surface area contributed by atoms with Crippen molar-refractivity contribution in [2.24, 2.45) is 0 Å². The van der Waals surface area contributed by atoms with E-state index in [0.29, 0.717) is 5.56 Å². The molecular formula is C18H19N3O5. The van der Waals surface area contributed by atoms with Gasteiger partial charge in [0.15, 0.2) is 5.75 Å². The van der Waals surface area contributed by atoms with Crippen molar-refractivity contribution >= 4 is 17.5 Å². The number of carbonyl (C=O) groups excluding carboxylic acids is 2. The molecule has 0 saturated carbocycles. The van der Waals surface area contributed by atoms with Crippen molar-refractivity contribution in [2.75, 3.05) is 19.7 Å². The number of nitro benzene ring substituents is 1. The van der Waals surface area contributed by atoms with Gasteiger partial charge in [-0.05, 0) is 31.2 Å². The molecule has 8 nitrogen and oxygen atoms in total. The number of carbonyl (C=O) groups is 2. The van der Waals surface area contributed by atoms with Gasteiger partial charge in [0.2, 0.25) is 0 Å². The topological polar surface area (TPSA) is 111 Å². The molecule has 0 heterocycles. The van der Waals surface area contributed by atoms with Gasteiger partial charge in [-0.25, -0.2) is 0 Å². The predicted molar refractivity (Wildman–Crippen MR) is 95.4 cm³/mol. The van der Waals surface area contributed by atoms with Crippen LogP contribution in [0.2, 0.25) is 0 Å². The number of nitrogens with one attached hydrogen (secondary N) is 2. The number of benzene rings is 2. The summed E-state index contributed by atoms with van der Waals surface area (Å²) in [5, 5.41) is 16.4. The number of hydrogen-bond acceptors (Lipinski definition) is 5. The number of hydrogen-bond donors (Lipinski definition) is 2. The molecule has 0 fully saturated rings. The summed E-state index contributed by atoms with van der Waals surface area (Å²) >= 11 is 0. The lowest BCUT2D eigenvalue weighted by atomic mass is 10.1. The van der Waals surface area contributed by atoms with Crippen LogP contribution in [-0.2, 0) is 0 Å². The average molecular weight is 357 g/mol. The summed E-state index contributed by atoms with van der Waals surface area (Å²) < 4.78 is 5.18. The van der Waals surface area contributed by atoms with E-state index in [9.17, 15) is 19.7 Å². The van der Waals surface area contributed by atoms with E-state index in [2.05, 4.69) is 10.6 Å². The first-order valence-electron chi connectivity index (χ1n) is 8.05. The van der Waals surface area contributed by atoms with E-state index in [0.717, 1.165) is 0 Å². The van der Waals surface area contributed by atoms with Crippen LogP contribution in [0, 0.1) is 10.1 Å². The molecule has 0 aliphatic carbocycles. The first-order chi connectivity index (χ1) is 12.5.